The van der Waals surface area contributed by atoms with Crippen molar-refractivity contribution in [1.82, 2.24) is 5.32 Å². The average molecular weight is 521 g/mol. The molecule has 4 rings (SSSR count). The van der Waals surface area contributed by atoms with E-state index in [-0.39, 0.29) is 30.3 Å². The van der Waals surface area contributed by atoms with Gasteiger partial charge in [0.05, 0.1) is 12.6 Å². The van der Waals surface area contributed by atoms with E-state index >= 15 is 0 Å². The van der Waals surface area contributed by atoms with Crippen molar-refractivity contribution in [3.8, 4) is 0 Å². The van der Waals surface area contributed by atoms with Crippen molar-refractivity contribution in [3.63, 3.8) is 0 Å². The molecule has 0 saturated carbocycles. The van der Waals surface area contributed by atoms with Crippen LogP contribution >= 0.6 is 0 Å². The lowest BCUT2D eigenvalue weighted by Crippen LogP contribution is -2.30. The van der Waals surface area contributed by atoms with Crippen LogP contribution < -0.4 is 20.9 Å². The Bertz CT molecular complexity index is 1390. The van der Waals surface area contributed by atoms with E-state index in [1.807, 2.05) is 74.5 Å². The van der Waals surface area contributed by atoms with E-state index in [4.69, 9.17) is 0 Å². The lowest BCUT2D eigenvalue weighted by molar-refractivity contribution is -0.114. The molecule has 3 amide bonds. The SMILES string of the molecule is CCN(C(=O)c1ccc(NC(=O)CNc2ccc(C(=O)NC(C)c3ccccc3)cc2)cc1)c1ccccc1. The number of anilines is 3. The van der Waals surface area contributed by atoms with E-state index in [1.165, 1.54) is 0 Å². The number of para-hydroxylation sites is 1. The molecule has 0 heterocycles. The zero-order chi connectivity index (χ0) is 27.6. The van der Waals surface area contributed by atoms with Crippen LogP contribution in [0.2, 0.25) is 0 Å². The summed E-state index contributed by atoms with van der Waals surface area (Å²) in [7, 11) is 0. The molecule has 1 unspecified atom stereocenters. The Morgan fingerprint density at radius 2 is 1.28 bits per heavy atom. The minimum atomic E-state index is -0.230. The van der Waals surface area contributed by atoms with Crippen LogP contribution in [0, 0.1) is 0 Å². The molecule has 0 spiro atoms. The second kappa shape index (κ2) is 13.1. The molecule has 198 valence electrons. The molecule has 1 atom stereocenters. The molecule has 0 aliphatic heterocycles. The Labute approximate surface area is 228 Å². The first kappa shape index (κ1) is 27.1. The summed E-state index contributed by atoms with van der Waals surface area (Å²) in [6.45, 7) is 4.47. The van der Waals surface area contributed by atoms with E-state index in [1.54, 1.807) is 53.4 Å². The second-order valence-electron chi connectivity index (χ2n) is 9.05. The van der Waals surface area contributed by atoms with Gasteiger partial charge in [0.15, 0.2) is 0 Å². The Hall–Kier alpha value is -4.91. The van der Waals surface area contributed by atoms with Gasteiger partial charge in [-0.15, -0.1) is 0 Å². The molecule has 0 aromatic heterocycles. The third-order valence-corrected chi connectivity index (χ3v) is 6.29. The van der Waals surface area contributed by atoms with Gasteiger partial charge in [-0.25, -0.2) is 0 Å². The van der Waals surface area contributed by atoms with Crippen molar-refractivity contribution in [2.45, 2.75) is 19.9 Å². The third-order valence-electron chi connectivity index (χ3n) is 6.29. The highest BCUT2D eigenvalue weighted by Gasteiger charge is 2.16. The van der Waals surface area contributed by atoms with Gasteiger partial charge in [0.1, 0.15) is 0 Å². The van der Waals surface area contributed by atoms with Gasteiger partial charge in [-0.2, -0.15) is 0 Å². The van der Waals surface area contributed by atoms with Gasteiger partial charge in [0.2, 0.25) is 5.91 Å². The van der Waals surface area contributed by atoms with Gasteiger partial charge in [-0.1, -0.05) is 48.5 Å². The largest absolute Gasteiger partial charge is 0.376 e. The predicted octanol–water partition coefficient (Wildman–Crippen LogP) is 5.89. The number of rotatable bonds is 10. The Balaban J connectivity index is 1.26. The summed E-state index contributed by atoms with van der Waals surface area (Å²) in [5.74, 6) is -0.495. The minimum absolute atomic E-state index is 0.0505. The molecule has 0 aliphatic rings. The summed E-state index contributed by atoms with van der Waals surface area (Å²) >= 11 is 0. The van der Waals surface area contributed by atoms with Crippen LogP contribution in [-0.2, 0) is 4.79 Å². The summed E-state index contributed by atoms with van der Waals surface area (Å²) in [5.41, 5.74) is 4.27. The van der Waals surface area contributed by atoms with E-state index in [2.05, 4.69) is 16.0 Å². The Morgan fingerprint density at radius 3 is 1.90 bits per heavy atom. The molecule has 3 N–H and O–H groups in total. The number of benzene rings is 4. The zero-order valence-corrected chi connectivity index (χ0v) is 22.1. The van der Waals surface area contributed by atoms with Crippen LogP contribution in [0.4, 0.5) is 17.1 Å². The smallest absolute Gasteiger partial charge is 0.258 e. The first-order chi connectivity index (χ1) is 18.9. The fraction of sp³-hybridized carbons (Fsp3) is 0.156. The molecule has 39 heavy (non-hydrogen) atoms. The van der Waals surface area contributed by atoms with Gasteiger partial charge in [-0.3, -0.25) is 14.4 Å². The molecule has 0 fully saturated rings. The van der Waals surface area contributed by atoms with Crippen LogP contribution in [0.1, 0.15) is 46.2 Å². The first-order valence-corrected chi connectivity index (χ1v) is 12.9. The van der Waals surface area contributed by atoms with E-state index in [0.29, 0.717) is 23.4 Å². The molecule has 0 aliphatic carbocycles. The van der Waals surface area contributed by atoms with E-state index < -0.39 is 0 Å². The number of nitrogens with zero attached hydrogens (tertiary/aromatic N) is 1. The van der Waals surface area contributed by atoms with Crippen molar-refractivity contribution < 1.29 is 14.4 Å². The zero-order valence-electron chi connectivity index (χ0n) is 22.1. The monoisotopic (exact) mass is 520 g/mol. The highest BCUT2D eigenvalue weighted by Crippen LogP contribution is 2.18. The normalized spacial score (nSPS) is 11.2. The van der Waals surface area contributed by atoms with E-state index in [0.717, 1.165) is 16.9 Å². The maximum atomic E-state index is 13.0. The maximum Gasteiger partial charge on any atom is 0.258 e. The van der Waals surface area contributed by atoms with Crippen molar-refractivity contribution in [3.05, 3.63) is 126 Å². The summed E-state index contributed by atoms with van der Waals surface area (Å²) in [4.78, 5) is 39.7. The van der Waals surface area contributed by atoms with Crippen molar-refractivity contribution in [2.24, 2.45) is 0 Å². The summed E-state index contributed by atoms with van der Waals surface area (Å²) in [6.07, 6.45) is 0. The van der Waals surface area contributed by atoms with Gasteiger partial charge < -0.3 is 20.9 Å². The molecular weight excluding hydrogens is 488 g/mol. The van der Waals surface area contributed by atoms with Crippen LogP contribution in [0.5, 0.6) is 0 Å². The summed E-state index contributed by atoms with van der Waals surface area (Å²) < 4.78 is 0. The lowest BCUT2D eigenvalue weighted by atomic mass is 10.1. The molecule has 7 nitrogen and oxygen atoms in total. The van der Waals surface area contributed by atoms with Crippen LogP contribution in [0.15, 0.2) is 109 Å². The second-order valence-corrected chi connectivity index (χ2v) is 9.05. The Morgan fingerprint density at radius 1 is 0.718 bits per heavy atom. The fourth-order valence-corrected chi connectivity index (χ4v) is 4.14. The highest BCUT2D eigenvalue weighted by molar-refractivity contribution is 6.06. The summed E-state index contributed by atoms with van der Waals surface area (Å²) in [6, 6.07) is 33.0. The minimum Gasteiger partial charge on any atom is -0.376 e. The first-order valence-electron chi connectivity index (χ1n) is 12.9. The molecule has 0 bridgehead atoms. The topological polar surface area (TPSA) is 90.5 Å². The molecule has 0 saturated heterocycles. The van der Waals surface area contributed by atoms with Crippen LogP contribution in [0.3, 0.4) is 0 Å². The number of amides is 3. The quantitative estimate of drug-likeness (QED) is 0.243. The molecular formula is C32H32N4O3. The number of carbonyl (C=O) groups is 3. The maximum absolute atomic E-state index is 13.0. The van der Waals surface area contributed by atoms with Crippen LogP contribution in [0.25, 0.3) is 0 Å². The third kappa shape index (κ3) is 7.32. The highest BCUT2D eigenvalue weighted by atomic mass is 16.2. The molecule has 4 aromatic rings. The molecule has 4 aromatic carbocycles. The van der Waals surface area contributed by atoms with Gasteiger partial charge in [0, 0.05) is 34.7 Å². The van der Waals surface area contributed by atoms with Crippen molar-refractivity contribution >= 4 is 34.8 Å². The van der Waals surface area contributed by atoms with Gasteiger partial charge in [-0.05, 0) is 80.1 Å². The van der Waals surface area contributed by atoms with E-state index in [9.17, 15) is 14.4 Å². The van der Waals surface area contributed by atoms with Gasteiger partial charge in [0.25, 0.3) is 11.8 Å². The predicted molar refractivity (Wildman–Crippen MR) is 156 cm³/mol. The van der Waals surface area contributed by atoms with Crippen molar-refractivity contribution in [1.29, 1.82) is 0 Å². The fourth-order valence-electron chi connectivity index (χ4n) is 4.14. The number of hydrogen-bond acceptors (Lipinski definition) is 4. The van der Waals surface area contributed by atoms with Crippen LogP contribution in [-0.4, -0.2) is 30.8 Å². The molecule has 7 heteroatoms. The Kier molecular flexibility index (Phi) is 9.08. The molecule has 0 radical (unpaired) electrons. The summed E-state index contributed by atoms with van der Waals surface area (Å²) in [5, 5.41) is 8.88. The van der Waals surface area contributed by atoms with Gasteiger partial charge >= 0.3 is 0 Å². The number of nitrogens with one attached hydrogen (secondary N) is 3. The number of carbonyl (C=O) groups excluding carboxylic acids is 3. The standard InChI is InChI=1S/C32H32N4O3/c1-3-36(29-12-8-5-9-13-29)32(39)26-16-20-28(21-17-26)35-30(37)22-33-27-18-14-25(15-19-27)31(38)34-23(2)24-10-6-4-7-11-24/h4-21,23,33H,3,22H2,1-2H3,(H,34,38)(H,35,37). The van der Waals surface area contributed by atoms with Crippen molar-refractivity contribution in [2.75, 3.05) is 28.6 Å². The lowest BCUT2D eigenvalue weighted by Gasteiger charge is -2.21. The number of hydrogen-bond donors (Lipinski definition) is 3. The average Bonchev–Trinajstić information content (AvgIpc) is 2.98.